The fraction of sp³-hybridized carbons (Fsp3) is 0.353. The molecule has 1 aliphatic heterocycles. The molecule has 0 saturated carbocycles. The maximum Gasteiger partial charge on any atom is 0.416 e. The normalized spacial score (nSPS) is 16.3. The SMILES string of the molecule is Cc1cc(OC2CN(S(=O)(=O)Cc3ccc(C(F)(F)F)cc3)C2)ccn1. The average Bonchev–Trinajstić information content (AvgIpc) is 2.49. The van der Waals surface area contributed by atoms with Gasteiger partial charge in [0.05, 0.1) is 24.4 Å². The zero-order valence-electron chi connectivity index (χ0n) is 13.9. The van der Waals surface area contributed by atoms with Crippen LogP contribution in [0, 0.1) is 6.92 Å². The second kappa shape index (κ2) is 6.88. The van der Waals surface area contributed by atoms with Gasteiger partial charge in [-0.25, -0.2) is 8.42 Å². The zero-order chi connectivity index (χ0) is 18.9. The number of sulfonamides is 1. The van der Waals surface area contributed by atoms with Crippen LogP contribution in [-0.4, -0.2) is 36.9 Å². The molecule has 2 aromatic rings. The molecule has 5 nitrogen and oxygen atoms in total. The third kappa shape index (κ3) is 4.34. The minimum Gasteiger partial charge on any atom is -0.488 e. The van der Waals surface area contributed by atoms with Crippen molar-refractivity contribution in [2.45, 2.75) is 25.0 Å². The average molecular weight is 386 g/mol. The van der Waals surface area contributed by atoms with E-state index in [4.69, 9.17) is 4.74 Å². The Hall–Kier alpha value is -2.13. The number of benzene rings is 1. The van der Waals surface area contributed by atoms with E-state index in [1.54, 1.807) is 18.3 Å². The topological polar surface area (TPSA) is 59.5 Å². The fourth-order valence-corrected chi connectivity index (χ4v) is 4.16. The first-order chi connectivity index (χ1) is 12.1. The molecule has 0 N–H and O–H groups in total. The number of halogens is 3. The van der Waals surface area contributed by atoms with E-state index >= 15 is 0 Å². The Morgan fingerprint density at radius 3 is 2.42 bits per heavy atom. The van der Waals surface area contributed by atoms with Gasteiger partial charge < -0.3 is 4.74 Å². The summed E-state index contributed by atoms with van der Waals surface area (Å²) in [5, 5.41) is 0. The number of rotatable bonds is 5. The summed E-state index contributed by atoms with van der Waals surface area (Å²) < 4.78 is 69.3. The summed E-state index contributed by atoms with van der Waals surface area (Å²) >= 11 is 0. The van der Waals surface area contributed by atoms with Crippen LogP contribution >= 0.6 is 0 Å². The number of alkyl halides is 3. The maximum absolute atomic E-state index is 12.6. The first-order valence-electron chi connectivity index (χ1n) is 7.87. The molecular formula is C17H17F3N2O3S. The first-order valence-corrected chi connectivity index (χ1v) is 9.48. The molecule has 1 aliphatic rings. The molecule has 2 heterocycles. The molecule has 0 spiro atoms. The lowest BCUT2D eigenvalue weighted by atomic mass is 10.1. The smallest absolute Gasteiger partial charge is 0.416 e. The van der Waals surface area contributed by atoms with Crippen molar-refractivity contribution in [3.8, 4) is 5.75 Å². The lowest BCUT2D eigenvalue weighted by Gasteiger charge is -2.37. The summed E-state index contributed by atoms with van der Waals surface area (Å²) in [7, 11) is -3.60. The van der Waals surface area contributed by atoms with E-state index in [-0.39, 0.29) is 24.9 Å². The molecular weight excluding hydrogens is 369 g/mol. The number of hydrogen-bond donors (Lipinski definition) is 0. The van der Waals surface area contributed by atoms with Crippen molar-refractivity contribution in [2.75, 3.05) is 13.1 Å². The zero-order valence-corrected chi connectivity index (χ0v) is 14.7. The van der Waals surface area contributed by atoms with Crippen molar-refractivity contribution in [3.05, 3.63) is 59.4 Å². The van der Waals surface area contributed by atoms with E-state index in [1.807, 2.05) is 6.92 Å². The Morgan fingerprint density at radius 1 is 1.19 bits per heavy atom. The molecule has 140 valence electrons. The third-order valence-corrected chi connectivity index (χ3v) is 5.79. The summed E-state index contributed by atoms with van der Waals surface area (Å²) in [6, 6.07) is 7.62. The van der Waals surface area contributed by atoms with Crippen LogP contribution in [0.2, 0.25) is 0 Å². The molecule has 3 rings (SSSR count). The highest BCUT2D eigenvalue weighted by Gasteiger charge is 2.37. The number of pyridine rings is 1. The van der Waals surface area contributed by atoms with Gasteiger partial charge in [0.1, 0.15) is 11.9 Å². The van der Waals surface area contributed by atoms with Gasteiger partial charge in [0, 0.05) is 18.0 Å². The van der Waals surface area contributed by atoms with E-state index in [0.717, 1.165) is 17.8 Å². The second-order valence-corrected chi connectivity index (χ2v) is 8.11. The predicted octanol–water partition coefficient (Wildman–Crippen LogP) is 3.00. The summed E-state index contributed by atoms with van der Waals surface area (Å²) in [6.45, 7) is 2.25. The van der Waals surface area contributed by atoms with Gasteiger partial charge in [0.25, 0.3) is 0 Å². The van der Waals surface area contributed by atoms with Gasteiger partial charge in [-0.2, -0.15) is 17.5 Å². The Labute approximate surface area is 149 Å². The molecule has 9 heteroatoms. The molecule has 0 aliphatic carbocycles. The molecule has 0 unspecified atom stereocenters. The second-order valence-electron chi connectivity index (χ2n) is 6.14. The Bertz CT molecular complexity index is 877. The van der Waals surface area contributed by atoms with Crippen molar-refractivity contribution < 1.29 is 26.3 Å². The Balaban J connectivity index is 1.57. The van der Waals surface area contributed by atoms with Gasteiger partial charge in [-0.1, -0.05) is 12.1 Å². The predicted molar refractivity (Wildman–Crippen MR) is 89.0 cm³/mol. The molecule has 0 amide bonds. The van der Waals surface area contributed by atoms with E-state index in [2.05, 4.69) is 4.98 Å². The molecule has 1 saturated heterocycles. The van der Waals surface area contributed by atoms with Crippen LogP contribution in [0.4, 0.5) is 13.2 Å². The maximum atomic E-state index is 12.6. The van der Waals surface area contributed by atoms with E-state index in [0.29, 0.717) is 11.3 Å². The number of aryl methyl sites for hydroxylation is 1. The third-order valence-electron chi connectivity index (χ3n) is 4.01. The standard InChI is InChI=1S/C17H17F3N2O3S/c1-12-8-15(6-7-21-12)25-16-9-22(10-16)26(23,24)11-13-2-4-14(5-3-13)17(18,19)20/h2-8,16H,9-11H2,1H3. The molecule has 0 radical (unpaired) electrons. The minimum absolute atomic E-state index is 0.213. The number of ether oxygens (including phenoxy) is 1. The number of nitrogens with zero attached hydrogens (tertiary/aromatic N) is 2. The summed E-state index contributed by atoms with van der Waals surface area (Å²) in [6.07, 6.45) is -3.08. The summed E-state index contributed by atoms with van der Waals surface area (Å²) in [5.41, 5.74) is 0.310. The van der Waals surface area contributed by atoms with Crippen molar-refractivity contribution in [1.82, 2.24) is 9.29 Å². The van der Waals surface area contributed by atoms with E-state index in [1.165, 1.54) is 16.4 Å². The molecule has 0 bridgehead atoms. The van der Waals surface area contributed by atoms with Crippen LogP contribution in [0.3, 0.4) is 0 Å². The Kier molecular flexibility index (Phi) is 4.94. The van der Waals surface area contributed by atoms with Gasteiger partial charge in [-0.3, -0.25) is 4.98 Å². The van der Waals surface area contributed by atoms with E-state index in [9.17, 15) is 21.6 Å². The van der Waals surface area contributed by atoms with Gasteiger partial charge in [0.2, 0.25) is 10.0 Å². The van der Waals surface area contributed by atoms with Crippen molar-refractivity contribution >= 4 is 10.0 Å². The van der Waals surface area contributed by atoms with E-state index < -0.39 is 21.8 Å². The largest absolute Gasteiger partial charge is 0.488 e. The van der Waals surface area contributed by atoms with Crippen LogP contribution in [0.5, 0.6) is 5.75 Å². The van der Waals surface area contributed by atoms with Crippen LogP contribution in [-0.2, 0) is 22.0 Å². The summed E-state index contributed by atoms with van der Waals surface area (Å²) in [4.78, 5) is 4.06. The highest BCUT2D eigenvalue weighted by molar-refractivity contribution is 7.88. The van der Waals surface area contributed by atoms with Crippen LogP contribution < -0.4 is 4.74 Å². The Morgan fingerprint density at radius 2 is 1.85 bits per heavy atom. The molecule has 26 heavy (non-hydrogen) atoms. The monoisotopic (exact) mass is 386 g/mol. The fourth-order valence-electron chi connectivity index (χ4n) is 2.58. The van der Waals surface area contributed by atoms with Crippen molar-refractivity contribution in [2.24, 2.45) is 0 Å². The van der Waals surface area contributed by atoms with Crippen LogP contribution in [0.25, 0.3) is 0 Å². The van der Waals surface area contributed by atoms with Gasteiger partial charge in [-0.15, -0.1) is 0 Å². The minimum atomic E-state index is -4.44. The van der Waals surface area contributed by atoms with Crippen LogP contribution in [0.1, 0.15) is 16.8 Å². The first kappa shape index (κ1) is 18.7. The summed E-state index contributed by atoms with van der Waals surface area (Å²) in [5.74, 6) is 0.286. The highest BCUT2D eigenvalue weighted by Crippen LogP contribution is 2.29. The molecule has 0 atom stereocenters. The number of hydrogen-bond acceptors (Lipinski definition) is 4. The molecule has 1 aromatic heterocycles. The molecule has 1 aromatic carbocycles. The van der Waals surface area contributed by atoms with Crippen molar-refractivity contribution in [1.29, 1.82) is 0 Å². The van der Waals surface area contributed by atoms with Crippen LogP contribution in [0.15, 0.2) is 42.6 Å². The van der Waals surface area contributed by atoms with Gasteiger partial charge in [-0.05, 0) is 30.7 Å². The van der Waals surface area contributed by atoms with Gasteiger partial charge >= 0.3 is 6.18 Å². The lowest BCUT2D eigenvalue weighted by Crippen LogP contribution is -2.56. The molecule has 1 fully saturated rings. The van der Waals surface area contributed by atoms with Crippen molar-refractivity contribution in [3.63, 3.8) is 0 Å². The quantitative estimate of drug-likeness (QED) is 0.793. The number of aromatic nitrogens is 1. The highest BCUT2D eigenvalue weighted by atomic mass is 32.2. The van der Waals surface area contributed by atoms with Gasteiger partial charge in [0.15, 0.2) is 0 Å². The lowest BCUT2D eigenvalue weighted by molar-refractivity contribution is -0.137.